The normalized spacial score (nSPS) is 33.0. The number of rotatable bonds is 6. The zero-order chi connectivity index (χ0) is 31.3. The molecule has 16 heteroatoms. The maximum atomic E-state index is 13.6. The first-order valence-corrected chi connectivity index (χ1v) is 13.0. The minimum atomic E-state index is -1.97. The lowest BCUT2D eigenvalue weighted by molar-refractivity contribution is -0.318. The van der Waals surface area contributed by atoms with Crippen LogP contribution in [0.3, 0.4) is 0 Å². The number of ether oxygens (including phenoxy) is 4. The smallest absolute Gasteiger partial charge is 0.239 e. The van der Waals surface area contributed by atoms with Crippen molar-refractivity contribution in [2.75, 3.05) is 6.61 Å². The van der Waals surface area contributed by atoms with Crippen LogP contribution in [0.1, 0.15) is 6.92 Å². The van der Waals surface area contributed by atoms with Gasteiger partial charge >= 0.3 is 0 Å². The fourth-order valence-corrected chi connectivity index (χ4v) is 4.84. The number of benzene rings is 2. The molecule has 1 aromatic heterocycles. The molecule has 10 atom stereocenters. The van der Waals surface area contributed by atoms with E-state index in [9.17, 15) is 55.9 Å². The van der Waals surface area contributed by atoms with Gasteiger partial charge in [-0.1, -0.05) is 0 Å². The van der Waals surface area contributed by atoms with Gasteiger partial charge in [-0.25, -0.2) is 0 Å². The van der Waals surface area contributed by atoms with Crippen LogP contribution >= 0.6 is 0 Å². The molecular weight excluding hydrogens is 580 g/mol. The van der Waals surface area contributed by atoms with E-state index in [-0.39, 0.29) is 11.1 Å². The monoisotopic (exact) mass is 610 g/mol. The molecule has 5 rings (SSSR count). The number of aromatic hydroxyl groups is 4. The van der Waals surface area contributed by atoms with E-state index >= 15 is 0 Å². The summed E-state index contributed by atoms with van der Waals surface area (Å²) in [6.07, 6.45) is -16.2. The fourth-order valence-electron chi connectivity index (χ4n) is 4.84. The molecular formula is C27H30O16. The van der Waals surface area contributed by atoms with Gasteiger partial charge in [0.15, 0.2) is 23.5 Å². The molecule has 43 heavy (non-hydrogen) atoms. The molecule has 0 unspecified atom stereocenters. The minimum absolute atomic E-state index is 0.0313. The van der Waals surface area contributed by atoms with Crippen molar-refractivity contribution in [3.05, 3.63) is 40.6 Å². The van der Waals surface area contributed by atoms with Crippen molar-refractivity contribution < 1.29 is 74.4 Å². The van der Waals surface area contributed by atoms with Crippen molar-refractivity contribution in [3.63, 3.8) is 0 Å². The quantitative estimate of drug-likeness (QED) is 0.140. The molecule has 2 saturated heterocycles. The Labute approximate surface area is 241 Å². The van der Waals surface area contributed by atoms with E-state index in [4.69, 9.17) is 23.4 Å². The van der Waals surface area contributed by atoms with E-state index in [1.807, 2.05) is 0 Å². The third-order valence-corrected chi connectivity index (χ3v) is 7.29. The zero-order valence-corrected chi connectivity index (χ0v) is 22.3. The number of hydrogen-bond donors (Lipinski definition) is 10. The van der Waals surface area contributed by atoms with E-state index < -0.39 is 113 Å². The molecule has 16 nitrogen and oxygen atoms in total. The Morgan fingerprint density at radius 3 is 2.12 bits per heavy atom. The Balaban J connectivity index is 1.48. The van der Waals surface area contributed by atoms with Crippen molar-refractivity contribution in [2.45, 2.75) is 68.3 Å². The number of aliphatic hydroxyl groups is 6. The van der Waals surface area contributed by atoms with Crippen molar-refractivity contribution in [1.29, 1.82) is 0 Å². The average molecular weight is 611 g/mol. The molecule has 0 bridgehead atoms. The first-order chi connectivity index (χ1) is 20.3. The van der Waals surface area contributed by atoms with E-state index in [1.54, 1.807) is 0 Å². The number of fused-ring (bicyclic) bond motifs is 1. The first kappa shape index (κ1) is 30.7. The Morgan fingerprint density at radius 1 is 0.744 bits per heavy atom. The van der Waals surface area contributed by atoms with E-state index in [0.717, 1.165) is 24.3 Å². The number of phenolic OH excluding ortho intramolecular Hbond substituents is 4. The Hall–Kier alpha value is -3.71. The number of phenols is 4. The third kappa shape index (κ3) is 5.67. The molecule has 2 aliphatic rings. The van der Waals surface area contributed by atoms with Crippen molar-refractivity contribution in [1.82, 2.24) is 0 Å². The molecule has 0 radical (unpaired) electrons. The second-order valence-electron chi connectivity index (χ2n) is 10.3. The first-order valence-electron chi connectivity index (χ1n) is 13.0. The molecule has 0 spiro atoms. The van der Waals surface area contributed by atoms with Gasteiger partial charge < -0.3 is 74.4 Å². The van der Waals surface area contributed by atoms with Crippen LogP contribution in [-0.2, 0) is 14.2 Å². The van der Waals surface area contributed by atoms with Gasteiger partial charge in [-0.2, -0.15) is 0 Å². The topological polar surface area (TPSA) is 269 Å². The summed E-state index contributed by atoms with van der Waals surface area (Å²) in [5.74, 6) is -3.33. The zero-order valence-electron chi connectivity index (χ0n) is 22.3. The maximum absolute atomic E-state index is 13.6. The lowest BCUT2D eigenvalue weighted by Crippen LogP contribution is -2.61. The number of aliphatic hydroxyl groups excluding tert-OH is 6. The van der Waals surface area contributed by atoms with E-state index in [2.05, 4.69) is 0 Å². The molecule has 3 aromatic rings. The summed E-state index contributed by atoms with van der Waals surface area (Å²) < 4.78 is 27.8. The van der Waals surface area contributed by atoms with Gasteiger partial charge in [0.1, 0.15) is 65.2 Å². The van der Waals surface area contributed by atoms with Gasteiger partial charge in [-0.3, -0.25) is 4.79 Å². The van der Waals surface area contributed by atoms with Crippen LogP contribution in [0, 0.1) is 0 Å². The minimum Gasteiger partial charge on any atom is -0.508 e. The summed E-state index contributed by atoms with van der Waals surface area (Å²) in [7, 11) is 0. The van der Waals surface area contributed by atoms with Crippen molar-refractivity contribution >= 4 is 11.0 Å². The van der Waals surface area contributed by atoms with Gasteiger partial charge in [0, 0.05) is 17.7 Å². The van der Waals surface area contributed by atoms with Gasteiger partial charge in [0.25, 0.3) is 0 Å². The fraction of sp³-hybridized carbons (Fsp3) is 0.444. The molecule has 0 aliphatic carbocycles. The molecule has 234 valence electrons. The Kier molecular flexibility index (Phi) is 8.41. The van der Waals surface area contributed by atoms with Crippen LogP contribution < -0.4 is 10.2 Å². The van der Waals surface area contributed by atoms with E-state index in [0.29, 0.717) is 0 Å². The van der Waals surface area contributed by atoms with Crippen LogP contribution in [0.2, 0.25) is 0 Å². The standard InChI is InChI=1S/C27H30O16/c1-8-17(32)20(35)22(37)26(40-8)39-7-15-18(33)21(36)23(38)27(42-15)43-25-19(34)16-13(31)5-10(28)6-14(16)41-24(25)9-2-3-11(29)12(30)4-9/h2-6,8,15,17-18,20-23,26-33,35-38H,7H2,1H3/t8-,15+,17-,18+,20+,21-,22+,23+,26-,27-/m1/s1. The largest absolute Gasteiger partial charge is 0.508 e. The van der Waals surface area contributed by atoms with Crippen LogP contribution in [0.4, 0.5) is 0 Å². The molecule has 10 N–H and O–H groups in total. The Morgan fingerprint density at radius 2 is 1.42 bits per heavy atom. The van der Waals surface area contributed by atoms with Gasteiger partial charge in [-0.05, 0) is 25.1 Å². The average Bonchev–Trinajstić information content (AvgIpc) is 2.96. The molecule has 2 aliphatic heterocycles. The highest BCUT2D eigenvalue weighted by atomic mass is 16.7. The molecule has 0 saturated carbocycles. The van der Waals surface area contributed by atoms with Crippen molar-refractivity contribution in [3.8, 4) is 40.1 Å². The summed E-state index contributed by atoms with van der Waals surface area (Å²) in [6, 6.07) is 5.24. The molecule has 3 heterocycles. The summed E-state index contributed by atoms with van der Waals surface area (Å²) in [4.78, 5) is 13.6. The lowest BCUT2D eigenvalue weighted by Gasteiger charge is -2.42. The Bertz CT molecular complexity index is 1540. The molecule has 2 fully saturated rings. The summed E-state index contributed by atoms with van der Waals surface area (Å²) in [6.45, 7) is 0.818. The summed E-state index contributed by atoms with van der Waals surface area (Å²) >= 11 is 0. The van der Waals surface area contributed by atoms with Gasteiger partial charge in [0.05, 0.1) is 12.7 Å². The van der Waals surface area contributed by atoms with Gasteiger partial charge in [-0.15, -0.1) is 0 Å². The second-order valence-corrected chi connectivity index (χ2v) is 10.3. The second kappa shape index (κ2) is 11.8. The number of hydrogen-bond acceptors (Lipinski definition) is 16. The third-order valence-electron chi connectivity index (χ3n) is 7.29. The highest BCUT2D eigenvalue weighted by Gasteiger charge is 2.47. The predicted molar refractivity (Wildman–Crippen MR) is 140 cm³/mol. The predicted octanol–water partition coefficient (Wildman–Crippen LogP) is -1.69. The maximum Gasteiger partial charge on any atom is 0.239 e. The van der Waals surface area contributed by atoms with Crippen molar-refractivity contribution in [2.24, 2.45) is 0 Å². The SMILES string of the molecule is C[C@H]1O[C@@H](OC[C@@H]2O[C@H](Oc3c(-c4ccc(O)c(O)c4)oc4cc(O)cc(O)c4c3=O)[C@@H](O)[C@H](O)[C@H]2O)[C@@H](O)[C@@H](O)[C@@H]1O. The highest BCUT2D eigenvalue weighted by molar-refractivity contribution is 5.88. The van der Waals surface area contributed by atoms with Crippen LogP contribution in [0.5, 0.6) is 28.7 Å². The summed E-state index contributed by atoms with van der Waals surface area (Å²) in [5.41, 5.74) is -1.35. The highest BCUT2D eigenvalue weighted by Crippen LogP contribution is 2.39. The van der Waals surface area contributed by atoms with Crippen LogP contribution in [0.25, 0.3) is 22.3 Å². The lowest BCUT2D eigenvalue weighted by atomic mass is 9.98. The van der Waals surface area contributed by atoms with Crippen LogP contribution in [0.15, 0.2) is 39.5 Å². The van der Waals surface area contributed by atoms with E-state index in [1.165, 1.54) is 13.0 Å². The van der Waals surface area contributed by atoms with Crippen LogP contribution in [-0.4, -0.2) is 119 Å². The van der Waals surface area contributed by atoms with Gasteiger partial charge in [0.2, 0.25) is 17.5 Å². The molecule has 2 aromatic carbocycles. The summed E-state index contributed by atoms with van der Waals surface area (Å²) in [5, 5.41) is 101. The molecule has 0 amide bonds.